The highest BCUT2D eigenvalue weighted by molar-refractivity contribution is 6.08. The van der Waals surface area contributed by atoms with E-state index in [1.807, 2.05) is 13.0 Å². The minimum absolute atomic E-state index is 0.00294. The molecule has 2 heterocycles. The van der Waals surface area contributed by atoms with Gasteiger partial charge in [-0.15, -0.1) is 0 Å². The van der Waals surface area contributed by atoms with Crippen LogP contribution in [-0.4, -0.2) is 36.1 Å². The topological polar surface area (TPSA) is 53.5 Å². The number of pyridine rings is 1. The number of nitrogens with zero attached hydrogens (tertiary/aromatic N) is 3. The summed E-state index contributed by atoms with van der Waals surface area (Å²) in [5.41, 5.74) is 0.333. The van der Waals surface area contributed by atoms with Crippen LogP contribution in [0.5, 0.6) is 0 Å². The first-order valence-corrected chi connectivity index (χ1v) is 8.85. The van der Waals surface area contributed by atoms with E-state index in [0.717, 1.165) is 16.5 Å². The van der Waals surface area contributed by atoms with Gasteiger partial charge in [0.1, 0.15) is 18.0 Å². The number of benzene rings is 1. The van der Waals surface area contributed by atoms with Gasteiger partial charge in [-0.3, -0.25) is 14.5 Å². The molecule has 9 heteroatoms. The van der Waals surface area contributed by atoms with E-state index >= 15 is 0 Å². The van der Waals surface area contributed by atoms with Crippen molar-refractivity contribution in [1.82, 2.24) is 4.98 Å². The number of aromatic nitrogens is 1. The predicted molar refractivity (Wildman–Crippen MR) is 99.4 cm³/mol. The summed E-state index contributed by atoms with van der Waals surface area (Å²) < 4.78 is 54.2. The van der Waals surface area contributed by atoms with E-state index in [1.54, 1.807) is 18.2 Å². The molecule has 1 aromatic heterocycles. The van der Waals surface area contributed by atoms with Crippen molar-refractivity contribution in [2.24, 2.45) is 0 Å². The van der Waals surface area contributed by atoms with Crippen LogP contribution in [0.1, 0.15) is 23.2 Å². The lowest BCUT2D eigenvalue weighted by atomic mass is 10.1. The molecule has 29 heavy (non-hydrogen) atoms. The average Bonchev–Trinajstić information content (AvgIpc) is 2.93. The molecule has 1 fully saturated rings. The van der Waals surface area contributed by atoms with Gasteiger partial charge in [-0.05, 0) is 43.7 Å². The molecule has 5 nitrogen and oxygen atoms in total. The number of alkyl halides is 4. The first-order valence-electron chi connectivity index (χ1n) is 8.85. The fourth-order valence-corrected chi connectivity index (χ4v) is 3.33. The molecule has 1 aliphatic heterocycles. The van der Waals surface area contributed by atoms with E-state index in [4.69, 9.17) is 0 Å². The summed E-state index contributed by atoms with van der Waals surface area (Å²) in [6.07, 6.45) is -7.13. The lowest BCUT2D eigenvalue weighted by Gasteiger charge is -2.29. The summed E-state index contributed by atoms with van der Waals surface area (Å²) in [6, 6.07) is 6.79. The minimum Gasteiger partial charge on any atom is -0.314 e. The molecular formula is C20H19F4N3O2. The molecule has 2 amide bonds. The van der Waals surface area contributed by atoms with Crippen molar-refractivity contribution in [3.8, 4) is 0 Å². The van der Waals surface area contributed by atoms with E-state index in [1.165, 1.54) is 18.9 Å². The number of rotatable bonds is 3. The molecule has 1 saturated heterocycles. The SMILES string of the molecule is Cc1cccc(N(C)C(=O)[C@@H]2[C@@H](F)CC(=O)N2c2cc(C(F)(F)F)cc(C)n2)c1. The maximum atomic E-state index is 14.7. The lowest BCUT2D eigenvalue weighted by molar-refractivity contribution is -0.137. The summed E-state index contributed by atoms with van der Waals surface area (Å²) in [4.78, 5) is 31.3. The molecule has 1 aromatic carbocycles. The van der Waals surface area contributed by atoms with Crippen LogP contribution in [0.25, 0.3) is 0 Å². The molecule has 2 aromatic rings. The van der Waals surface area contributed by atoms with E-state index in [-0.39, 0.29) is 5.69 Å². The van der Waals surface area contributed by atoms with Crippen LogP contribution in [-0.2, 0) is 15.8 Å². The number of amides is 2. The highest BCUT2D eigenvalue weighted by Gasteiger charge is 2.48. The first kappa shape index (κ1) is 20.8. The van der Waals surface area contributed by atoms with Crippen molar-refractivity contribution in [3.63, 3.8) is 0 Å². The van der Waals surface area contributed by atoms with Crippen LogP contribution >= 0.6 is 0 Å². The minimum atomic E-state index is -4.67. The Balaban J connectivity index is 2.01. The number of carbonyl (C=O) groups is 2. The van der Waals surface area contributed by atoms with Crippen LogP contribution in [0.3, 0.4) is 0 Å². The highest BCUT2D eigenvalue weighted by Crippen LogP contribution is 2.35. The third kappa shape index (κ3) is 4.08. The standard InChI is InChI=1S/C20H19F4N3O2/c1-11-5-4-6-14(7-11)26(3)19(29)18-15(21)10-17(28)27(18)16-9-13(20(22,23)24)8-12(2)25-16/h4-9,15,18H,10H2,1-3H3/t15-,18-/m0/s1. The Morgan fingerprint density at radius 3 is 2.52 bits per heavy atom. The fraction of sp³-hybridized carbons (Fsp3) is 0.350. The summed E-state index contributed by atoms with van der Waals surface area (Å²) >= 11 is 0. The molecular weight excluding hydrogens is 390 g/mol. The number of halogens is 4. The van der Waals surface area contributed by atoms with Crippen molar-refractivity contribution in [3.05, 3.63) is 53.2 Å². The summed E-state index contributed by atoms with van der Waals surface area (Å²) in [5, 5.41) is 0. The largest absolute Gasteiger partial charge is 0.416 e. The van der Waals surface area contributed by atoms with Crippen LogP contribution in [0.2, 0.25) is 0 Å². The van der Waals surface area contributed by atoms with Crippen molar-refractivity contribution in [2.45, 2.75) is 38.7 Å². The molecule has 3 rings (SSSR count). The van der Waals surface area contributed by atoms with Crippen LogP contribution < -0.4 is 9.80 Å². The molecule has 2 atom stereocenters. The molecule has 0 spiro atoms. The van der Waals surface area contributed by atoms with Gasteiger partial charge in [0.2, 0.25) is 5.91 Å². The Labute approximate surface area is 164 Å². The van der Waals surface area contributed by atoms with Gasteiger partial charge in [0, 0.05) is 18.4 Å². The van der Waals surface area contributed by atoms with Crippen molar-refractivity contribution >= 4 is 23.3 Å². The first-order chi connectivity index (χ1) is 13.5. The predicted octanol–water partition coefficient (Wildman–Crippen LogP) is 3.82. The number of hydrogen-bond donors (Lipinski definition) is 0. The number of aryl methyl sites for hydroxylation is 2. The molecule has 0 aliphatic carbocycles. The zero-order valence-corrected chi connectivity index (χ0v) is 16.0. The van der Waals surface area contributed by atoms with Gasteiger partial charge in [-0.2, -0.15) is 13.2 Å². The Kier molecular flexibility index (Phi) is 5.34. The summed E-state index contributed by atoms with van der Waals surface area (Å²) in [7, 11) is 1.43. The van der Waals surface area contributed by atoms with Gasteiger partial charge in [0.15, 0.2) is 0 Å². The Bertz CT molecular complexity index is 961. The Morgan fingerprint density at radius 2 is 1.90 bits per heavy atom. The smallest absolute Gasteiger partial charge is 0.314 e. The highest BCUT2D eigenvalue weighted by atomic mass is 19.4. The summed E-state index contributed by atoms with van der Waals surface area (Å²) in [5.74, 6) is -1.93. The third-order valence-corrected chi connectivity index (χ3v) is 4.75. The van der Waals surface area contributed by atoms with Crippen molar-refractivity contribution < 1.29 is 27.2 Å². The van der Waals surface area contributed by atoms with E-state index in [9.17, 15) is 27.2 Å². The van der Waals surface area contributed by atoms with Crippen molar-refractivity contribution in [2.75, 3.05) is 16.8 Å². The van der Waals surface area contributed by atoms with Crippen LogP contribution in [0.4, 0.5) is 29.1 Å². The van der Waals surface area contributed by atoms with E-state index in [0.29, 0.717) is 11.8 Å². The third-order valence-electron chi connectivity index (χ3n) is 4.75. The maximum Gasteiger partial charge on any atom is 0.416 e. The molecule has 0 unspecified atom stereocenters. The van der Waals surface area contributed by atoms with Crippen LogP contribution in [0.15, 0.2) is 36.4 Å². The second-order valence-corrected chi connectivity index (χ2v) is 7.02. The van der Waals surface area contributed by atoms with Gasteiger partial charge < -0.3 is 4.90 Å². The number of likely N-dealkylation sites (N-methyl/N-ethyl adjacent to an activating group) is 1. The van der Waals surface area contributed by atoms with Crippen LogP contribution in [0, 0.1) is 13.8 Å². The molecule has 0 radical (unpaired) electrons. The average molecular weight is 409 g/mol. The van der Waals surface area contributed by atoms with Gasteiger partial charge in [-0.25, -0.2) is 9.37 Å². The molecule has 0 N–H and O–H groups in total. The second-order valence-electron chi connectivity index (χ2n) is 7.02. The number of anilines is 2. The lowest BCUT2D eigenvalue weighted by Crippen LogP contribution is -2.49. The second kappa shape index (κ2) is 7.46. The van der Waals surface area contributed by atoms with Gasteiger partial charge in [-0.1, -0.05) is 12.1 Å². The normalized spacial score (nSPS) is 19.6. The quantitative estimate of drug-likeness (QED) is 0.725. The van der Waals surface area contributed by atoms with Gasteiger partial charge >= 0.3 is 6.18 Å². The summed E-state index contributed by atoms with van der Waals surface area (Å²) in [6.45, 7) is 3.16. The Hall–Kier alpha value is -2.97. The van der Waals surface area contributed by atoms with Gasteiger partial charge in [0.25, 0.3) is 5.91 Å². The zero-order valence-electron chi connectivity index (χ0n) is 16.0. The molecule has 0 bridgehead atoms. The van der Waals surface area contributed by atoms with Crippen molar-refractivity contribution in [1.29, 1.82) is 0 Å². The van der Waals surface area contributed by atoms with E-state index < -0.39 is 48.0 Å². The fourth-order valence-electron chi connectivity index (χ4n) is 3.33. The monoisotopic (exact) mass is 409 g/mol. The number of hydrogen-bond acceptors (Lipinski definition) is 3. The Morgan fingerprint density at radius 1 is 1.21 bits per heavy atom. The number of carbonyl (C=O) groups excluding carboxylic acids is 2. The zero-order chi connectivity index (χ0) is 21.5. The maximum absolute atomic E-state index is 14.7. The van der Waals surface area contributed by atoms with Gasteiger partial charge in [0.05, 0.1) is 12.0 Å². The molecule has 0 saturated carbocycles. The molecule has 154 valence electrons. The van der Waals surface area contributed by atoms with E-state index in [2.05, 4.69) is 4.98 Å². The molecule has 1 aliphatic rings.